The van der Waals surface area contributed by atoms with Gasteiger partial charge in [0, 0.05) is 11.7 Å². The van der Waals surface area contributed by atoms with E-state index in [1.54, 1.807) is 5.57 Å². The van der Waals surface area contributed by atoms with E-state index in [4.69, 9.17) is 0 Å². The normalized spacial score (nSPS) is 29.1. The number of aryl methyl sites for hydroxylation is 2. The number of hydrogen-bond acceptors (Lipinski definition) is 3. The van der Waals surface area contributed by atoms with Crippen molar-refractivity contribution in [2.24, 2.45) is 17.8 Å². The molecule has 0 unspecified atom stereocenters. The van der Waals surface area contributed by atoms with Gasteiger partial charge in [-0.1, -0.05) is 53.6 Å². The summed E-state index contributed by atoms with van der Waals surface area (Å²) in [7, 11) is 0. The number of benzene rings is 1. The van der Waals surface area contributed by atoms with Crippen LogP contribution in [-0.2, 0) is 6.42 Å². The molecule has 1 saturated carbocycles. The van der Waals surface area contributed by atoms with Crippen molar-refractivity contribution in [1.82, 2.24) is 4.90 Å². The number of thioether (sulfide) groups is 1. The fourth-order valence-electron chi connectivity index (χ4n) is 5.68. The number of likely N-dealkylation sites (tertiary alicyclic amines) is 1. The third-order valence-electron chi connectivity index (χ3n) is 7.24. The summed E-state index contributed by atoms with van der Waals surface area (Å²) >= 11 is 2.12. The first-order valence-electron chi connectivity index (χ1n) is 12.1. The van der Waals surface area contributed by atoms with Crippen LogP contribution in [0.4, 0.5) is 0 Å². The summed E-state index contributed by atoms with van der Waals surface area (Å²) in [6.45, 7) is 6.09. The Bertz CT molecular complexity index is 736. The number of aliphatic hydroxyl groups is 1. The molecule has 0 radical (unpaired) electrons. The van der Waals surface area contributed by atoms with E-state index in [0.29, 0.717) is 17.8 Å². The van der Waals surface area contributed by atoms with Crippen LogP contribution in [0.2, 0.25) is 0 Å². The highest BCUT2D eigenvalue weighted by atomic mass is 32.2. The van der Waals surface area contributed by atoms with Gasteiger partial charge in [0.05, 0.1) is 6.10 Å². The molecule has 30 heavy (non-hydrogen) atoms. The summed E-state index contributed by atoms with van der Waals surface area (Å²) in [6.07, 6.45) is 15.5. The van der Waals surface area contributed by atoms with Crippen molar-refractivity contribution in [3.63, 3.8) is 0 Å². The maximum absolute atomic E-state index is 10.6. The van der Waals surface area contributed by atoms with Crippen LogP contribution in [0.15, 0.2) is 48.1 Å². The van der Waals surface area contributed by atoms with Crippen LogP contribution < -0.4 is 0 Å². The van der Waals surface area contributed by atoms with E-state index in [2.05, 4.69) is 66.1 Å². The van der Waals surface area contributed by atoms with Gasteiger partial charge in [-0.3, -0.25) is 0 Å². The first-order chi connectivity index (χ1) is 14.7. The second kappa shape index (κ2) is 11.0. The lowest BCUT2D eigenvalue weighted by Crippen LogP contribution is -2.20. The predicted molar refractivity (Wildman–Crippen MR) is 130 cm³/mol. The molecule has 0 spiro atoms. The number of fused-ring (bicyclic) bond motifs is 1. The zero-order valence-electron chi connectivity index (χ0n) is 18.6. The molecule has 164 valence electrons. The first-order valence-corrected chi connectivity index (χ1v) is 13.2. The summed E-state index contributed by atoms with van der Waals surface area (Å²) in [5.74, 6) is 4.07. The average Bonchev–Trinajstić information content (AvgIpc) is 3.43. The maximum atomic E-state index is 10.6. The van der Waals surface area contributed by atoms with Gasteiger partial charge in [-0.25, -0.2) is 0 Å². The van der Waals surface area contributed by atoms with Gasteiger partial charge in [0.25, 0.3) is 0 Å². The third-order valence-corrected chi connectivity index (χ3v) is 8.39. The largest absolute Gasteiger partial charge is 0.392 e. The van der Waals surface area contributed by atoms with E-state index in [0.717, 1.165) is 19.3 Å². The molecule has 1 aromatic rings. The maximum Gasteiger partial charge on any atom is 0.0611 e. The van der Waals surface area contributed by atoms with Gasteiger partial charge in [0.1, 0.15) is 0 Å². The van der Waals surface area contributed by atoms with Crippen LogP contribution in [-0.4, -0.2) is 47.3 Å². The third kappa shape index (κ3) is 6.02. The van der Waals surface area contributed by atoms with E-state index in [1.807, 2.05) is 0 Å². The van der Waals surface area contributed by atoms with Gasteiger partial charge in [-0.15, -0.1) is 0 Å². The Balaban J connectivity index is 1.17. The van der Waals surface area contributed by atoms with Crippen LogP contribution >= 0.6 is 11.8 Å². The zero-order chi connectivity index (χ0) is 20.8. The molecule has 1 aliphatic heterocycles. The number of nitrogens with zero attached hydrogens (tertiary/aromatic N) is 1. The molecule has 0 aromatic heterocycles. The second-order valence-electron chi connectivity index (χ2n) is 9.65. The summed E-state index contributed by atoms with van der Waals surface area (Å²) in [5.41, 5.74) is 4.39. The molecular weight excluding hydrogens is 386 g/mol. The lowest BCUT2D eigenvalue weighted by Gasteiger charge is -2.18. The molecule has 4 rings (SSSR count). The summed E-state index contributed by atoms with van der Waals surface area (Å²) in [6, 6.07) is 8.81. The first kappa shape index (κ1) is 22.2. The van der Waals surface area contributed by atoms with Crippen molar-refractivity contribution >= 4 is 11.8 Å². The molecule has 4 atom stereocenters. The molecule has 3 aliphatic rings. The standard InChI is InChI=1S/C27H39NOS/c1-21-8-6-10-22(16-21)9-2-3-11-25-26-18-23(17-24(26)19-27(25)29)20-30-15-7-14-28-12-4-5-13-28/h3,6,8,10-11,16-17,24-27,29H,2,4-5,7,9,12-15,18-20H2,1H3/t24-,25+,26-,27+/m0/s1. The quantitative estimate of drug-likeness (QED) is 0.387. The van der Waals surface area contributed by atoms with Crippen LogP contribution in [0, 0.1) is 24.7 Å². The van der Waals surface area contributed by atoms with Crippen LogP contribution in [0.5, 0.6) is 0 Å². The van der Waals surface area contributed by atoms with Crippen molar-refractivity contribution < 1.29 is 5.11 Å². The Morgan fingerprint density at radius 2 is 2.10 bits per heavy atom. The van der Waals surface area contributed by atoms with Crippen molar-refractivity contribution in [2.75, 3.05) is 31.1 Å². The number of allylic oxidation sites excluding steroid dienone is 2. The van der Waals surface area contributed by atoms with Crippen molar-refractivity contribution in [3.05, 3.63) is 59.2 Å². The van der Waals surface area contributed by atoms with Gasteiger partial charge in [-0.05, 0) is 94.7 Å². The fourth-order valence-corrected chi connectivity index (χ4v) is 6.64. The minimum atomic E-state index is -0.152. The fraction of sp³-hybridized carbons (Fsp3) is 0.630. The number of rotatable bonds is 10. The molecule has 2 aliphatic carbocycles. The smallest absolute Gasteiger partial charge is 0.0611 e. The molecule has 1 saturated heterocycles. The Labute approximate surface area is 187 Å². The van der Waals surface area contributed by atoms with E-state index in [9.17, 15) is 5.11 Å². The minimum absolute atomic E-state index is 0.152. The molecule has 1 N–H and O–H groups in total. The highest BCUT2D eigenvalue weighted by molar-refractivity contribution is 7.99. The average molecular weight is 426 g/mol. The van der Waals surface area contributed by atoms with Crippen molar-refractivity contribution in [1.29, 1.82) is 0 Å². The van der Waals surface area contributed by atoms with E-state index in [-0.39, 0.29) is 6.10 Å². The Hall–Kier alpha value is -1.03. The van der Waals surface area contributed by atoms with Gasteiger partial charge in [0.2, 0.25) is 0 Å². The molecule has 2 fully saturated rings. The van der Waals surface area contributed by atoms with E-state index >= 15 is 0 Å². The Morgan fingerprint density at radius 1 is 1.23 bits per heavy atom. The minimum Gasteiger partial charge on any atom is -0.392 e. The molecule has 1 aromatic carbocycles. The second-order valence-corrected chi connectivity index (χ2v) is 10.8. The zero-order valence-corrected chi connectivity index (χ0v) is 19.5. The lowest BCUT2D eigenvalue weighted by molar-refractivity contribution is 0.141. The molecule has 0 bridgehead atoms. The predicted octanol–water partition coefficient (Wildman–Crippen LogP) is 5.65. The van der Waals surface area contributed by atoms with Crippen LogP contribution in [0.3, 0.4) is 0 Å². The monoisotopic (exact) mass is 425 g/mol. The van der Waals surface area contributed by atoms with Crippen molar-refractivity contribution in [2.45, 2.75) is 58.0 Å². The summed E-state index contributed by atoms with van der Waals surface area (Å²) < 4.78 is 0. The molecule has 0 amide bonds. The highest BCUT2D eigenvalue weighted by Crippen LogP contribution is 2.47. The topological polar surface area (TPSA) is 23.5 Å². The Kier molecular flexibility index (Phi) is 8.14. The SMILES string of the molecule is Cc1cccc(CCC=C[C@@H]2[C@H]3CC(CSCCCN4CCCC4)=C[C@H]3C[C@H]2O)c1. The Morgan fingerprint density at radius 3 is 2.93 bits per heavy atom. The van der Waals surface area contributed by atoms with Gasteiger partial charge >= 0.3 is 0 Å². The van der Waals surface area contributed by atoms with Crippen LogP contribution in [0.25, 0.3) is 0 Å². The highest BCUT2D eigenvalue weighted by Gasteiger charge is 2.43. The van der Waals surface area contributed by atoms with Gasteiger partial charge in [-0.2, -0.15) is 11.8 Å². The van der Waals surface area contributed by atoms with Crippen molar-refractivity contribution in [3.8, 4) is 0 Å². The molecule has 3 heteroatoms. The lowest BCUT2D eigenvalue weighted by atomic mass is 9.89. The summed E-state index contributed by atoms with van der Waals surface area (Å²) in [4.78, 5) is 2.62. The number of aliphatic hydroxyl groups excluding tert-OH is 1. The number of hydrogen-bond donors (Lipinski definition) is 1. The van der Waals surface area contributed by atoms with E-state index < -0.39 is 0 Å². The molecular formula is C27H39NOS. The van der Waals surface area contributed by atoms with Crippen LogP contribution in [0.1, 0.15) is 49.7 Å². The molecule has 2 nitrogen and oxygen atoms in total. The molecule has 1 heterocycles. The van der Waals surface area contributed by atoms with Gasteiger partial charge in [0.15, 0.2) is 0 Å². The summed E-state index contributed by atoms with van der Waals surface area (Å²) in [5, 5.41) is 10.6. The van der Waals surface area contributed by atoms with E-state index in [1.165, 1.54) is 68.0 Å². The van der Waals surface area contributed by atoms with Gasteiger partial charge < -0.3 is 10.0 Å².